The smallest absolute Gasteiger partial charge is 0.143 e. The molecule has 0 aliphatic carbocycles. The van der Waals surface area contributed by atoms with E-state index in [-0.39, 0.29) is 137 Å². The lowest BCUT2D eigenvalue weighted by molar-refractivity contribution is 0.672. The normalized spacial score (nSPS) is 14.5. The summed E-state index contributed by atoms with van der Waals surface area (Å²) in [5.74, 6) is 0. The Bertz CT molecular complexity index is 10100. The molecule has 0 amide bonds. The Kier molecular flexibility index (Phi) is 12.3. The molecule has 3 heterocycles. The fourth-order valence-electron chi connectivity index (χ4n) is 18.4. The maximum absolute atomic E-state index is 9.25. The third kappa shape index (κ3) is 12.0. The van der Waals surface area contributed by atoms with Crippen molar-refractivity contribution >= 4 is 163 Å². The van der Waals surface area contributed by atoms with Gasteiger partial charge in [0.25, 0.3) is 0 Å². The molecule has 0 fully saturated rings. The Morgan fingerprint density at radius 3 is 0.879 bits per heavy atom. The second-order valence-corrected chi connectivity index (χ2v) is 30.9. The zero-order valence-electron chi connectivity index (χ0n) is 90.0. The van der Waals surface area contributed by atoms with Crippen LogP contribution in [0.4, 0.5) is 0 Å². The first-order valence-corrected chi connectivity index (χ1v) is 40.7. The minimum Gasteiger partial charge on any atom is -0.455 e. The van der Waals surface area contributed by atoms with Crippen LogP contribution in [0, 0.1) is 6.92 Å². The monoisotopic (exact) mass is 1600 g/mol. The van der Waals surface area contributed by atoms with E-state index in [2.05, 4.69) is 60.7 Å². The van der Waals surface area contributed by atoms with Gasteiger partial charge in [-0.1, -0.05) is 381 Å². The van der Waals surface area contributed by atoms with Gasteiger partial charge in [0, 0.05) is 48.5 Å². The van der Waals surface area contributed by atoms with E-state index in [1.165, 1.54) is 0 Å². The fourth-order valence-corrected chi connectivity index (χ4v) is 18.4. The lowest BCUT2D eigenvalue weighted by Crippen LogP contribution is -1.91. The van der Waals surface area contributed by atoms with Gasteiger partial charge in [0.15, 0.2) is 0 Å². The molecular formula is C121H76O3. The van der Waals surface area contributed by atoms with E-state index in [9.17, 15) is 5.48 Å². The van der Waals surface area contributed by atoms with Gasteiger partial charge in [0.2, 0.25) is 0 Å². The van der Waals surface area contributed by atoms with E-state index in [1.54, 1.807) is 84.9 Å². The highest BCUT2D eigenvalue weighted by molar-refractivity contribution is 6.27. The number of furan rings is 3. The van der Waals surface area contributed by atoms with Crippen molar-refractivity contribution < 1.29 is 46.1 Å². The minimum absolute atomic E-state index is 0.181. The molecule has 578 valence electrons. The average molecular weight is 1600 g/mol. The van der Waals surface area contributed by atoms with Gasteiger partial charge < -0.3 is 13.3 Å². The molecule has 0 saturated carbocycles. The molecule has 0 spiro atoms. The number of benzene rings is 23. The number of aryl methyl sites for hydroxylation is 1. The Morgan fingerprint density at radius 1 is 0.169 bits per heavy atom. The molecule has 0 aliphatic rings. The second-order valence-electron chi connectivity index (χ2n) is 30.9. The van der Waals surface area contributed by atoms with Gasteiger partial charge in [-0.2, -0.15) is 0 Å². The summed E-state index contributed by atoms with van der Waals surface area (Å²) >= 11 is 0. The van der Waals surface area contributed by atoms with E-state index in [0.717, 1.165) is 109 Å². The van der Waals surface area contributed by atoms with Crippen LogP contribution in [-0.4, -0.2) is 0 Å². The van der Waals surface area contributed by atoms with E-state index in [4.69, 9.17) is 40.7 Å². The Morgan fingerprint density at radius 2 is 0.452 bits per heavy atom. The first-order valence-electron chi connectivity index (χ1n) is 52.7. The van der Waals surface area contributed by atoms with Crippen LogP contribution in [0.25, 0.3) is 252 Å². The first-order chi connectivity index (χ1) is 71.4. The van der Waals surface area contributed by atoms with E-state index < -0.39 is 72.5 Å². The fraction of sp³-hybridized carbons (Fsp3) is 0.00826. The molecule has 0 atom stereocenters. The lowest BCUT2D eigenvalue weighted by Gasteiger charge is -2.18. The predicted octanol–water partition coefficient (Wildman–Crippen LogP) is 34.8. The van der Waals surface area contributed by atoms with Gasteiger partial charge in [-0.3, -0.25) is 0 Å². The third-order valence-electron chi connectivity index (χ3n) is 23.9. The summed E-state index contributed by atoms with van der Waals surface area (Å²) in [7, 11) is 0. The topological polar surface area (TPSA) is 39.4 Å². The number of rotatable bonds is 8. The van der Waals surface area contributed by atoms with Gasteiger partial charge >= 0.3 is 0 Å². The highest BCUT2D eigenvalue weighted by atomic mass is 16.3. The second kappa shape index (κ2) is 29.6. The van der Waals surface area contributed by atoms with Crippen LogP contribution in [0.15, 0.2) is 456 Å². The summed E-state index contributed by atoms with van der Waals surface area (Å²) in [6.07, 6.45) is 0. The summed E-state index contributed by atoms with van der Waals surface area (Å²) in [6, 6.07) is 85.8. The Hall–Kier alpha value is -16.2. The van der Waals surface area contributed by atoms with Crippen LogP contribution in [0.5, 0.6) is 0 Å². The highest BCUT2D eigenvalue weighted by Gasteiger charge is 2.24. The van der Waals surface area contributed by atoms with Crippen molar-refractivity contribution in [2.45, 2.75) is 6.92 Å². The van der Waals surface area contributed by atoms with Crippen molar-refractivity contribution in [2.24, 2.45) is 0 Å². The molecule has 3 nitrogen and oxygen atoms in total. The summed E-state index contributed by atoms with van der Waals surface area (Å²) in [5, 5.41) is 13.6. The van der Waals surface area contributed by atoms with E-state index in [1.807, 2.05) is 159 Å². The molecule has 0 N–H and O–H groups in total. The molecule has 23 aromatic carbocycles. The average Bonchev–Trinajstić information content (AvgIpc) is 0.877. The Balaban J connectivity index is 0.000000119. The van der Waals surface area contributed by atoms with E-state index in [0.29, 0.717) is 83.5 Å². The van der Waals surface area contributed by atoms with Crippen LogP contribution < -0.4 is 0 Å². The van der Waals surface area contributed by atoms with Crippen LogP contribution in [-0.2, 0) is 0 Å². The molecule has 124 heavy (non-hydrogen) atoms. The molecule has 26 aromatic rings. The molecular weight excluding hydrogens is 1500 g/mol. The molecule has 0 unspecified atom stereocenters. The van der Waals surface area contributed by atoms with Gasteiger partial charge in [-0.15, -0.1) is 0 Å². The van der Waals surface area contributed by atoms with E-state index >= 15 is 0 Å². The van der Waals surface area contributed by atoms with Crippen LogP contribution in [0.3, 0.4) is 0 Å². The van der Waals surface area contributed by atoms with Crippen LogP contribution >= 0.6 is 0 Å². The zero-order valence-corrected chi connectivity index (χ0v) is 66.0. The largest absolute Gasteiger partial charge is 0.455 e. The molecule has 0 saturated heterocycles. The van der Waals surface area contributed by atoms with Crippen molar-refractivity contribution in [2.75, 3.05) is 0 Å². The van der Waals surface area contributed by atoms with Crippen molar-refractivity contribution in [3.05, 3.63) is 448 Å². The zero-order chi connectivity index (χ0) is 103. The SMILES string of the molecule is [2H]c1c([2H])c([2H])c2c(-c3ccc4oc5c6cc(C)ccc6ccc5c4c3)c3c([2H])c([2H])c([2H])c([2H])c3c(-c3ccccc3)c2c1[2H].[2H]c1c([2H])c([2H])c2c(-c3ccc4oc5c6ccccc6c(-c6ccccc6)cc5c4c3)c3c([2H])c([2H])c([2H])c([2H])c3c(-c3ccccc3)c2c1[2H].[2H]c1c([2H])c([2H])c2c(-c3cccc(-c4ccc5oc6c7ccccc7ccc6c5c4)c3)c3c([2H])c([2H])c([2H])c([2H])c3c(-c3ccccc3)c2c1[2H]. The number of hydrogen-bond acceptors (Lipinski definition) is 3. The van der Waals surface area contributed by atoms with Gasteiger partial charge in [0.1, 0.15) is 33.5 Å². The predicted molar refractivity (Wildman–Crippen MR) is 527 cm³/mol. The molecule has 3 aromatic heterocycles. The molecule has 26 rings (SSSR count). The quantitative estimate of drug-likeness (QED) is 0.142. The first kappa shape index (κ1) is 51.3. The van der Waals surface area contributed by atoms with Crippen LogP contribution in [0.1, 0.15) is 38.5 Å². The molecule has 0 radical (unpaired) electrons. The van der Waals surface area contributed by atoms with Gasteiger partial charge in [0.05, 0.1) is 32.9 Å². The van der Waals surface area contributed by atoms with Gasteiger partial charge in [-0.25, -0.2) is 0 Å². The van der Waals surface area contributed by atoms with Crippen molar-refractivity contribution in [3.8, 4) is 89.0 Å². The summed E-state index contributed by atoms with van der Waals surface area (Å²) in [5.41, 5.74) is 14.4. The molecule has 0 aliphatic heterocycles. The standard InChI is InChI=1S/2C42H26O.C37H24O/c1-3-13-27(14-4-1)36-26-38-37-25-29(23-24-39(37)43-42(38)35-22-12-7-17-30(35)36)41-33-20-10-8-18-31(33)40(28-15-5-2-6-16-28)32-19-9-11-21-34(32)41;1-2-12-28(13-3-1)40-33-17-6-8-19-35(33)41(36-20-9-7-18-34(36)40)31-15-10-14-29(25-31)30-22-24-39-38(26-30)37-23-21-27-11-4-5-16-32(27)42(37)43-39;1-23-15-16-24-17-19-31-33-22-26(18-20-34(33)38-37(31)32(24)21-23)36-29-13-7-5-11-27(29)35(25-9-3-2-4-10-25)28-12-6-8-14-30(28)36/h2*1-26H;2-22H,1H3/i8D,9D,10D,11D,18D,19D,20D,21D;6D,7D,8D,9D,17D,18D,19D,20D;5D,6D,7D,8D,11D,12D,13D,14D. The van der Waals surface area contributed by atoms with Crippen molar-refractivity contribution in [1.82, 2.24) is 0 Å². The van der Waals surface area contributed by atoms with Gasteiger partial charge in [-0.05, 0) is 243 Å². The lowest BCUT2D eigenvalue weighted by atomic mass is 9.85. The maximum Gasteiger partial charge on any atom is 0.143 e. The third-order valence-corrected chi connectivity index (χ3v) is 23.9. The molecule has 3 heteroatoms. The number of hydrogen-bond donors (Lipinski definition) is 0. The van der Waals surface area contributed by atoms with Crippen molar-refractivity contribution in [3.63, 3.8) is 0 Å². The van der Waals surface area contributed by atoms with Crippen molar-refractivity contribution in [1.29, 1.82) is 0 Å². The maximum atomic E-state index is 9.25. The molecule has 0 bridgehead atoms. The summed E-state index contributed by atoms with van der Waals surface area (Å²) < 4.78 is 233. The summed E-state index contributed by atoms with van der Waals surface area (Å²) in [4.78, 5) is 0. The minimum atomic E-state index is -0.429. The number of fused-ring (bicyclic) bond motifs is 21. The summed E-state index contributed by atoms with van der Waals surface area (Å²) in [6.45, 7) is 2.03. The Labute approximate surface area is 749 Å². The highest BCUT2D eigenvalue weighted by Crippen LogP contribution is 2.51. The van der Waals surface area contributed by atoms with Crippen LogP contribution in [0.2, 0.25) is 0 Å².